The zero-order valence-electron chi connectivity index (χ0n) is 15.0. The quantitative estimate of drug-likeness (QED) is 0.662. The number of hydrogen-bond donors (Lipinski definition) is 2. The molecule has 2 aromatic heterocycles. The summed E-state index contributed by atoms with van der Waals surface area (Å²) in [7, 11) is 3.27. The van der Waals surface area contributed by atoms with Crippen molar-refractivity contribution < 1.29 is 14.3 Å². The van der Waals surface area contributed by atoms with Crippen molar-refractivity contribution in [1.29, 1.82) is 0 Å². The first-order valence-electron chi connectivity index (χ1n) is 8.21. The number of rotatable bonds is 7. The molecule has 0 aliphatic rings. The molecule has 0 unspecified atom stereocenters. The number of H-pyrrole nitrogens is 1. The average Bonchev–Trinajstić information content (AvgIpc) is 3.28. The number of nitrogens with one attached hydrogen (secondary N) is 2. The standard InChI is InChI=1S/C19H21N3O3S/c1-12-4-7-17(26-12)19(23)20-18-10-14(21-22-18)6-5-13-8-15(24-2)11-16(9-13)25-3/h4,7-11H,5-6H2,1-3H3,(H2,20,21,22,23). The lowest BCUT2D eigenvalue weighted by Crippen LogP contribution is -2.10. The van der Waals surface area contributed by atoms with E-state index >= 15 is 0 Å². The number of carbonyl (C=O) groups excluding carboxylic acids is 1. The fourth-order valence-electron chi connectivity index (χ4n) is 2.58. The molecule has 1 amide bonds. The van der Waals surface area contributed by atoms with E-state index in [1.165, 1.54) is 11.3 Å². The number of hydrogen-bond acceptors (Lipinski definition) is 5. The number of methoxy groups -OCH3 is 2. The predicted molar refractivity (Wildman–Crippen MR) is 103 cm³/mol. The fourth-order valence-corrected chi connectivity index (χ4v) is 3.34. The lowest BCUT2D eigenvalue weighted by molar-refractivity contribution is 0.103. The second-order valence-corrected chi connectivity index (χ2v) is 7.15. The summed E-state index contributed by atoms with van der Waals surface area (Å²) in [5, 5.41) is 9.95. The van der Waals surface area contributed by atoms with Gasteiger partial charge in [-0.15, -0.1) is 11.3 Å². The molecule has 0 spiro atoms. The average molecular weight is 371 g/mol. The number of aryl methyl sites for hydroxylation is 3. The summed E-state index contributed by atoms with van der Waals surface area (Å²) in [5.74, 6) is 1.92. The van der Waals surface area contributed by atoms with Crippen LogP contribution in [0.3, 0.4) is 0 Å². The van der Waals surface area contributed by atoms with Gasteiger partial charge < -0.3 is 14.8 Å². The molecule has 0 fully saturated rings. The third-order valence-corrected chi connectivity index (χ3v) is 4.93. The minimum atomic E-state index is -0.140. The minimum absolute atomic E-state index is 0.140. The molecule has 26 heavy (non-hydrogen) atoms. The molecule has 136 valence electrons. The molecule has 0 saturated heterocycles. The van der Waals surface area contributed by atoms with Gasteiger partial charge in [0.25, 0.3) is 5.91 Å². The summed E-state index contributed by atoms with van der Waals surface area (Å²) in [6, 6.07) is 11.4. The molecule has 0 aliphatic carbocycles. The minimum Gasteiger partial charge on any atom is -0.497 e. The normalized spacial score (nSPS) is 10.6. The van der Waals surface area contributed by atoms with Crippen molar-refractivity contribution in [2.75, 3.05) is 19.5 Å². The van der Waals surface area contributed by atoms with Crippen LogP contribution >= 0.6 is 11.3 Å². The molecule has 7 heteroatoms. The second kappa shape index (κ2) is 8.05. The highest BCUT2D eigenvalue weighted by Gasteiger charge is 2.11. The van der Waals surface area contributed by atoms with Gasteiger partial charge in [0.1, 0.15) is 11.5 Å². The predicted octanol–water partition coefficient (Wildman–Crippen LogP) is 3.83. The van der Waals surface area contributed by atoms with Crippen LogP contribution in [-0.2, 0) is 12.8 Å². The van der Waals surface area contributed by atoms with E-state index in [0.717, 1.165) is 40.5 Å². The summed E-state index contributed by atoms with van der Waals surface area (Å²) in [6.07, 6.45) is 1.56. The van der Waals surface area contributed by atoms with E-state index in [2.05, 4.69) is 15.5 Å². The summed E-state index contributed by atoms with van der Waals surface area (Å²) in [5.41, 5.74) is 2.06. The van der Waals surface area contributed by atoms with E-state index in [9.17, 15) is 4.79 Å². The van der Waals surface area contributed by atoms with Crippen LogP contribution in [0.5, 0.6) is 11.5 Å². The Kier molecular flexibility index (Phi) is 5.58. The van der Waals surface area contributed by atoms with Gasteiger partial charge in [-0.05, 0) is 49.6 Å². The van der Waals surface area contributed by atoms with E-state index in [4.69, 9.17) is 9.47 Å². The van der Waals surface area contributed by atoms with Gasteiger partial charge in [0.2, 0.25) is 0 Å². The molecule has 6 nitrogen and oxygen atoms in total. The third kappa shape index (κ3) is 4.43. The number of amides is 1. The SMILES string of the molecule is COc1cc(CCc2cc(NC(=O)c3ccc(C)s3)n[nH]2)cc(OC)c1. The molecule has 3 aromatic rings. The fraction of sp³-hybridized carbons (Fsp3) is 0.263. The first-order chi connectivity index (χ1) is 12.6. The Morgan fingerprint density at radius 3 is 2.46 bits per heavy atom. The lowest BCUT2D eigenvalue weighted by Gasteiger charge is -2.07. The van der Waals surface area contributed by atoms with Gasteiger partial charge >= 0.3 is 0 Å². The maximum atomic E-state index is 12.2. The zero-order valence-corrected chi connectivity index (χ0v) is 15.8. The first-order valence-corrected chi connectivity index (χ1v) is 9.03. The van der Waals surface area contributed by atoms with Crippen LogP contribution in [0, 0.1) is 6.92 Å². The lowest BCUT2D eigenvalue weighted by atomic mass is 10.1. The van der Waals surface area contributed by atoms with Crippen LogP contribution in [0.1, 0.15) is 25.8 Å². The van der Waals surface area contributed by atoms with E-state index < -0.39 is 0 Å². The molecule has 0 saturated carbocycles. The molecule has 2 N–H and O–H groups in total. The van der Waals surface area contributed by atoms with Crippen molar-refractivity contribution >= 4 is 23.1 Å². The van der Waals surface area contributed by atoms with Crippen molar-refractivity contribution in [2.24, 2.45) is 0 Å². The molecule has 1 aromatic carbocycles. The molecular formula is C19H21N3O3S. The Balaban J connectivity index is 1.61. The van der Waals surface area contributed by atoms with Crippen LogP contribution in [0.2, 0.25) is 0 Å². The highest BCUT2D eigenvalue weighted by molar-refractivity contribution is 7.14. The summed E-state index contributed by atoms with van der Waals surface area (Å²) in [4.78, 5) is 14.0. The number of aromatic nitrogens is 2. The number of thiophene rings is 1. The van der Waals surface area contributed by atoms with Gasteiger partial charge in [0.05, 0.1) is 19.1 Å². The van der Waals surface area contributed by atoms with Crippen molar-refractivity contribution in [2.45, 2.75) is 19.8 Å². The van der Waals surface area contributed by atoms with E-state index in [-0.39, 0.29) is 5.91 Å². The third-order valence-electron chi connectivity index (χ3n) is 3.93. The second-order valence-electron chi connectivity index (χ2n) is 5.86. The van der Waals surface area contributed by atoms with E-state index in [1.807, 2.05) is 43.3 Å². The van der Waals surface area contributed by atoms with Gasteiger partial charge in [0, 0.05) is 22.7 Å². The summed E-state index contributed by atoms with van der Waals surface area (Å²) in [6.45, 7) is 1.97. The number of nitrogens with zero attached hydrogens (tertiary/aromatic N) is 1. The molecule has 0 bridgehead atoms. The number of benzene rings is 1. The topological polar surface area (TPSA) is 76.2 Å². The van der Waals surface area contributed by atoms with Crippen LogP contribution in [-0.4, -0.2) is 30.3 Å². The number of aromatic amines is 1. The van der Waals surface area contributed by atoms with Crippen molar-refractivity contribution in [3.8, 4) is 11.5 Å². The van der Waals surface area contributed by atoms with Gasteiger partial charge in [0.15, 0.2) is 5.82 Å². The number of carbonyl (C=O) groups is 1. The zero-order chi connectivity index (χ0) is 18.5. The van der Waals surface area contributed by atoms with Gasteiger partial charge in [-0.1, -0.05) is 0 Å². The Bertz CT molecular complexity index is 879. The van der Waals surface area contributed by atoms with E-state index in [1.54, 1.807) is 14.2 Å². The maximum Gasteiger partial charge on any atom is 0.266 e. The number of anilines is 1. The van der Waals surface area contributed by atoms with Crippen LogP contribution < -0.4 is 14.8 Å². The van der Waals surface area contributed by atoms with Crippen molar-refractivity contribution in [3.63, 3.8) is 0 Å². The maximum absolute atomic E-state index is 12.2. The van der Waals surface area contributed by atoms with Gasteiger partial charge in [-0.3, -0.25) is 9.89 Å². The molecular weight excluding hydrogens is 350 g/mol. The first kappa shape index (κ1) is 18.0. The van der Waals surface area contributed by atoms with E-state index in [0.29, 0.717) is 10.7 Å². The van der Waals surface area contributed by atoms with Crippen LogP contribution in [0.15, 0.2) is 36.4 Å². The van der Waals surface area contributed by atoms with Gasteiger partial charge in [-0.25, -0.2) is 0 Å². The Labute approximate surface area is 156 Å². The highest BCUT2D eigenvalue weighted by Crippen LogP contribution is 2.23. The number of ether oxygens (including phenoxy) is 2. The highest BCUT2D eigenvalue weighted by atomic mass is 32.1. The Hall–Kier alpha value is -2.80. The molecule has 2 heterocycles. The Morgan fingerprint density at radius 1 is 1.12 bits per heavy atom. The largest absolute Gasteiger partial charge is 0.497 e. The Morgan fingerprint density at radius 2 is 1.85 bits per heavy atom. The van der Waals surface area contributed by atoms with Crippen LogP contribution in [0.4, 0.5) is 5.82 Å². The smallest absolute Gasteiger partial charge is 0.266 e. The molecule has 0 radical (unpaired) electrons. The molecule has 0 atom stereocenters. The molecule has 0 aliphatic heterocycles. The van der Waals surface area contributed by atoms with Crippen molar-refractivity contribution in [1.82, 2.24) is 10.2 Å². The summed E-state index contributed by atoms with van der Waals surface area (Å²) < 4.78 is 10.6. The summed E-state index contributed by atoms with van der Waals surface area (Å²) >= 11 is 1.46. The van der Waals surface area contributed by atoms with Crippen molar-refractivity contribution in [3.05, 3.63) is 57.4 Å². The monoisotopic (exact) mass is 371 g/mol. The van der Waals surface area contributed by atoms with Crippen LogP contribution in [0.25, 0.3) is 0 Å². The molecule has 3 rings (SSSR count). The van der Waals surface area contributed by atoms with Gasteiger partial charge in [-0.2, -0.15) is 5.10 Å².